The summed E-state index contributed by atoms with van der Waals surface area (Å²) in [6.45, 7) is 5.30. The van der Waals surface area contributed by atoms with E-state index in [1.807, 2.05) is 32.9 Å². The van der Waals surface area contributed by atoms with E-state index in [-0.39, 0.29) is 38.0 Å². The number of anilines is 2. The number of carbonyl (C=O) groups excluding carboxylic acids is 2. The topological polar surface area (TPSA) is 99.7 Å². The Labute approximate surface area is 169 Å². The first-order valence-corrected chi connectivity index (χ1v) is 9.21. The van der Waals surface area contributed by atoms with Crippen molar-refractivity contribution in [1.29, 1.82) is 0 Å². The minimum absolute atomic E-state index is 0.00233. The summed E-state index contributed by atoms with van der Waals surface area (Å²) >= 11 is 0. The van der Waals surface area contributed by atoms with Crippen molar-refractivity contribution in [2.24, 2.45) is 0 Å². The van der Waals surface area contributed by atoms with Gasteiger partial charge in [-0.25, -0.2) is 4.39 Å². The third kappa shape index (κ3) is 6.76. The molecular weight excluding hydrogens is 377 g/mol. The molecule has 2 amide bonds. The number of ether oxygens (including phenoxy) is 1. The fraction of sp³-hybridized carbons (Fsp3) is 0.333. The molecule has 0 spiro atoms. The molecule has 2 rings (SSSR count). The lowest BCUT2D eigenvalue weighted by Crippen LogP contribution is -2.36. The van der Waals surface area contributed by atoms with Crippen LogP contribution in [0.25, 0.3) is 0 Å². The molecule has 0 aliphatic heterocycles. The van der Waals surface area contributed by atoms with Crippen molar-refractivity contribution < 1.29 is 23.8 Å². The Balaban J connectivity index is 1.85. The monoisotopic (exact) mass is 403 g/mol. The van der Waals surface area contributed by atoms with E-state index in [9.17, 15) is 14.0 Å². The molecule has 2 aromatic carbocycles. The second kappa shape index (κ2) is 10.4. The van der Waals surface area contributed by atoms with E-state index in [1.54, 1.807) is 0 Å². The van der Waals surface area contributed by atoms with Crippen molar-refractivity contribution in [3.63, 3.8) is 0 Å². The largest absolute Gasteiger partial charge is 0.489 e. The highest BCUT2D eigenvalue weighted by atomic mass is 19.1. The van der Waals surface area contributed by atoms with Gasteiger partial charge in [-0.3, -0.25) is 9.59 Å². The number of aliphatic hydroxyl groups is 1. The van der Waals surface area contributed by atoms with Crippen molar-refractivity contribution in [3.05, 3.63) is 52.8 Å². The lowest BCUT2D eigenvalue weighted by Gasteiger charge is -2.14. The summed E-state index contributed by atoms with van der Waals surface area (Å²) < 4.78 is 18.6. The number of nitrogens with one attached hydrogen (secondary N) is 3. The first-order chi connectivity index (χ1) is 13.8. The smallest absolute Gasteiger partial charge is 0.243 e. The molecule has 0 saturated heterocycles. The van der Waals surface area contributed by atoms with Crippen LogP contribution in [0.15, 0.2) is 30.3 Å². The zero-order valence-electron chi connectivity index (χ0n) is 16.8. The molecule has 0 bridgehead atoms. The predicted molar refractivity (Wildman–Crippen MR) is 110 cm³/mol. The Morgan fingerprint density at radius 3 is 2.38 bits per heavy atom. The highest BCUT2D eigenvalue weighted by Crippen LogP contribution is 2.25. The fourth-order valence-corrected chi connectivity index (χ4v) is 2.89. The van der Waals surface area contributed by atoms with Crippen LogP contribution < -0.4 is 20.7 Å². The Hall–Kier alpha value is -3.13. The number of hydrogen-bond donors (Lipinski definition) is 4. The second-order valence-electron chi connectivity index (χ2n) is 6.66. The minimum Gasteiger partial charge on any atom is -0.489 e. The number of rotatable bonds is 9. The highest BCUT2D eigenvalue weighted by molar-refractivity contribution is 5.96. The molecule has 0 radical (unpaired) electrons. The lowest BCUT2D eigenvalue weighted by molar-refractivity contribution is -0.122. The Bertz CT molecular complexity index is 863. The second-order valence-corrected chi connectivity index (χ2v) is 6.66. The van der Waals surface area contributed by atoms with Gasteiger partial charge in [-0.1, -0.05) is 17.7 Å². The quantitative estimate of drug-likeness (QED) is 0.515. The number of aliphatic hydroxyl groups excluding tert-OH is 1. The molecule has 2 aromatic rings. The Morgan fingerprint density at radius 2 is 1.72 bits per heavy atom. The number of aryl methyl sites for hydroxylation is 3. The van der Waals surface area contributed by atoms with E-state index in [2.05, 4.69) is 16.0 Å². The molecule has 156 valence electrons. The third-order valence-corrected chi connectivity index (χ3v) is 4.12. The van der Waals surface area contributed by atoms with E-state index in [4.69, 9.17) is 9.84 Å². The van der Waals surface area contributed by atoms with E-state index in [0.717, 1.165) is 28.4 Å². The molecule has 0 unspecified atom stereocenters. The van der Waals surface area contributed by atoms with Gasteiger partial charge in [-0.15, -0.1) is 0 Å². The maximum Gasteiger partial charge on any atom is 0.243 e. The summed E-state index contributed by atoms with van der Waals surface area (Å²) in [6.07, 6.45) is 0. The van der Waals surface area contributed by atoms with Crippen LogP contribution in [0.2, 0.25) is 0 Å². The van der Waals surface area contributed by atoms with Crippen LogP contribution in [0, 0.1) is 26.6 Å². The average Bonchev–Trinajstić information content (AvgIpc) is 2.66. The number of halogens is 1. The molecule has 0 fully saturated rings. The first-order valence-electron chi connectivity index (χ1n) is 9.21. The van der Waals surface area contributed by atoms with Gasteiger partial charge in [-0.05, 0) is 44.0 Å². The van der Waals surface area contributed by atoms with Crippen LogP contribution in [0.4, 0.5) is 15.8 Å². The van der Waals surface area contributed by atoms with Gasteiger partial charge >= 0.3 is 0 Å². The molecule has 29 heavy (non-hydrogen) atoms. The summed E-state index contributed by atoms with van der Waals surface area (Å²) in [5.41, 5.74) is 4.17. The standard InChI is InChI=1S/C21H26FN3O4/c1-13-8-14(2)21(15(3)9-13)25-20(28)12-24-19(27)11-23-17-5-4-16(22)10-18(17)29-7-6-26/h4-5,8-10,23,26H,6-7,11-12H2,1-3H3,(H,24,27)(H,25,28). The molecule has 0 saturated carbocycles. The minimum atomic E-state index is -0.494. The normalized spacial score (nSPS) is 10.4. The van der Waals surface area contributed by atoms with E-state index < -0.39 is 11.7 Å². The maximum atomic E-state index is 13.3. The lowest BCUT2D eigenvalue weighted by atomic mass is 10.1. The predicted octanol–water partition coefficient (Wildman–Crippen LogP) is 2.29. The molecule has 8 heteroatoms. The molecule has 0 heterocycles. The molecule has 0 aliphatic carbocycles. The van der Waals surface area contributed by atoms with Gasteiger partial charge in [0.05, 0.1) is 25.4 Å². The van der Waals surface area contributed by atoms with Crippen LogP contribution in [-0.4, -0.2) is 43.2 Å². The molecule has 4 N–H and O–H groups in total. The third-order valence-electron chi connectivity index (χ3n) is 4.12. The van der Waals surface area contributed by atoms with Gasteiger partial charge in [0, 0.05) is 11.8 Å². The van der Waals surface area contributed by atoms with Gasteiger partial charge < -0.3 is 25.8 Å². The van der Waals surface area contributed by atoms with Gasteiger partial charge in [0.1, 0.15) is 18.2 Å². The number of benzene rings is 2. The summed E-state index contributed by atoms with van der Waals surface area (Å²) in [5, 5.41) is 17.0. The zero-order valence-corrected chi connectivity index (χ0v) is 16.8. The summed E-state index contributed by atoms with van der Waals surface area (Å²) in [4.78, 5) is 24.2. The summed E-state index contributed by atoms with van der Waals surface area (Å²) in [5.74, 6) is -1.04. The van der Waals surface area contributed by atoms with Crippen molar-refractivity contribution in [3.8, 4) is 5.75 Å². The van der Waals surface area contributed by atoms with Gasteiger partial charge in [0.15, 0.2) is 0 Å². The average molecular weight is 403 g/mol. The summed E-state index contributed by atoms with van der Waals surface area (Å²) in [7, 11) is 0. The number of carbonyl (C=O) groups is 2. The molecule has 7 nitrogen and oxygen atoms in total. The van der Waals surface area contributed by atoms with Gasteiger partial charge in [0.2, 0.25) is 11.8 Å². The highest BCUT2D eigenvalue weighted by Gasteiger charge is 2.11. The first kappa shape index (κ1) is 22.2. The van der Waals surface area contributed by atoms with Crippen LogP contribution in [0.3, 0.4) is 0 Å². The Morgan fingerprint density at radius 1 is 1.03 bits per heavy atom. The molecule has 0 aliphatic rings. The van der Waals surface area contributed by atoms with E-state index in [0.29, 0.717) is 5.69 Å². The summed E-state index contributed by atoms with van der Waals surface area (Å²) in [6, 6.07) is 7.78. The SMILES string of the molecule is Cc1cc(C)c(NC(=O)CNC(=O)CNc2ccc(F)cc2OCCO)c(C)c1. The molecule has 0 aromatic heterocycles. The van der Waals surface area contributed by atoms with Crippen molar-refractivity contribution in [2.45, 2.75) is 20.8 Å². The van der Waals surface area contributed by atoms with E-state index >= 15 is 0 Å². The van der Waals surface area contributed by atoms with Gasteiger partial charge in [-0.2, -0.15) is 0 Å². The molecular formula is C21H26FN3O4. The fourth-order valence-electron chi connectivity index (χ4n) is 2.89. The van der Waals surface area contributed by atoms with E-state index in [1.165, 1.54) is 12.1 Å². The number of hydrogen-bond acceptors (Lipinski definition) is 5. The Kier molecular flexibility index (Phi) is 7.97. The molecule has 0 atom stereocenters. The number of amides is 2. The van der Waals surface area contributed by atoms with Crippen LogP contribution in [-0.2, 0) is 9.59 Å². The van der Waals surface area contributed by atoms with Crippen molar-refractivity contribution in [2.75, 3.05) is 36.9 Å². The van der Waals surface area contributed by atoms with Crippen LogP contribution in [0.1, 0.15) is 16.7 Å². The maximum absolute atomic E-state index is 13.3. The zero-order chi connectivity index (χ0) is 21.4. The van der Waals surface area contributed by atoms with Gasteiger partial charge in [0.25, 0.3) is 0 Å². The van der Waals surface area contributed by atoms with Crippen LogP contribution in [0.5, 0.6) is 5.75 Å². The van der Waals surface area contributed by atoms with Crippen LogP contribution >= 0.6 is 0 Å². The van der Waals surface area contributed by atoms with Crippen molar-refractivity contribution in [1.82, 2.24) is 5.32 Å². The van der Waals surface area contributed by atoms with Crippen molar-refractivity contribution >= 4 is 23.2 Å².